The molecular formula is C21H16O2. The van der Waals surface area contributed by atoms with Crippen LogP contribution in [0, 0.1) is 0 Å². The van der Waals surface area contributed by atoms with Crippen LogP contribution in [0.15, 0.2) is 72.8 Å². The van der Waals surface area contributed by atoms with Crippen molar-refractivity contribution in [2.45, 2.75) is 6.42 Å². The molecule has 0 saturated carbocycles. The molecule has 112 valence electrons. The summed E-state index contributed by atoms with van der Waals surface area (Å²) in [6, 6.07) is 21.1. The molecule has 0 atom stereocenters. The number of benzene rings is 3. The Morgan fingerprint density at radius 2 is 1.52 bits per heavy atom. The number of aldehydes is 1. The van der Waals surface area contributed by atoms with Gasteiger partial charge >= 0.3 is 0 Å². The number of hydrogen-bond acceptors (Lipinski definition) is 2. The first-order valence-electron chi connectivity index (χ1n) is 7.53. The van der Waals surface area contributed by atoms with Gasteiger partial charge in [0, 0.05) is 17.5 Å². The topological polar surface area (TPSA) is 34.1 Å². The molecule has 3 aromatic carbocycles. The highest BCUT2D eigenvalue weighted by Gasteiger charge is 2.14. The van der Waals surface area contributed by atoms with Crippen molar-refractivity contribution in [3.63, 3.8) is 0 Å². The van der Waals surface area contributed by atoms with Crippen molar-refractivity contribution in [2.75, 3.05) is 0 Å². The average molecular weight is 300 g/mol. The second kappa shape index (κ2) is 6.84. The minimum Gasteiger partial charge on any atom is -0.303 e. The van der Waals surface area contributed by atoms with Gasteiger partial charge in [-0.25, -0.2) is 0 Å². The Balaban J connectivity index is 2.08. The van der Waals surface area contributed by atoms with E-state index < -0.39 is 0 Å². The summed E-state index contributed by atoms with van der Waals surface area (Å²) in [5, 5.41) is 2.00. The highest BCUT2D eigenvalue weighted by molar-refractivity contribution is 6.17. The van der Waals surface area contributed by atoms with Crippen LogP contribution in [0.5, 0.6) is 0 Å². The van der Waals surface area contributed by atoms with Crippen molar-refractivity contribution in [3.05, 3.63) is 89.5 Å². The van der Waals surface area contributed by atoms with Crippen molar-refractivity contribution in [3.8, 4) is 0 Å². The Morgan fingerprint density at radius 1 is 0.826 bits per heavy atom. The molecule has 0 aliphatic heterocycles. The number of fused-ring (bicyclic) bond motifs is 1. The van der Waals surface area contributed by atoms with Crippen molar-refractivity contribution in [1.29, 1.82) is 0 Å². The van der Waals surface area contributed by atoms with Crippen LogP contribution in [0.25, 0.3) is 16.8 Å². The molecule has 0 heterocycles. The molecule has 0 fully saturated rings. The van der Waals surface area contributed by atoms with E-state index in [2.05, 4.69) is 0 Å². The summed E-state index contributed by atoms with van der Waals surface area (Å²) >= 11 is 0. The Hall–Kier alpha value is -3.00. The smallest absolute Gasteiger partial charge is 0.194 e. The van der Waals surface area contributed by atoms with Gasteiger partial charge in [-0.3, -0.25) is 4.79 Å². The van der Waals surface area contributed by atoms with Crippen molar-refractivity contribution < 1.29 is 9.59 Å². The molecule has 0 radical (unpaired) electrons. The Morgan fingerprint density at radius 3 is 2.39 bits per heavy atom. The molecule has 0 aliphatic rings. The SMILES string of the molecule is O=CC/C=C\c1ccccc1C(=O)c1cccc2ccccc12. The fourth-order valence-electron chi connectivity index (χ4n) is 2.67. The Bertz CT molecular complexity index is 886. The zero-order valence-corrected chi connectivity index (χ0v) is 12.6. The summed E-state index contributed by atoms with van der Waals surface area (Å²) < 4.78 is 0. The standard InChI is InChI=1S/C21H16O2/c22-15-6-5-10-17-9-2-4-13-19(17)21(23)20-14-7-11-16-8-1-3-12-18(16)20/h1-5,7-15H,6H2/b10-5-. The summed E-state index contributed by atoms with van der Waals surface area (Å²) in [5.41, 5.74) is 2.16. The summed E-state index contributed by atoms with van der Waals surface area (Å²) in [4.78, 5) is 23.5. The molecule has 2 heteroatoms. The van der Waals surface area contributed by atoms with Crippen LogP contribution in [0.4, 0.5) is 0 Å². The fourth-order valence-corrected chi connectivity index (χ4v) is 2.67. The molecule has 0 saturated heterocycles. The molecule has 0 unspecified atom stereocenters. The van der Waals surface area contributed by atoms with Gasteiger partial charge in [0.15, 0.2) is 5.78 Å². The molecule has 0 N–H and O–H groups in total. The van der Waals surface area contributed by atoms with E-state index >= 15 is 0 Å². The second-order valence-corrected chi connectivity index (χ2v) is 5.25. The summed E-state index contributed by atoms with van der Waals surface area (Å²) in [6.07, 6.45) is 4.78. The third kappa shape index (κ3) is 3.11. The fraction of sp³-hybridized carbons (Fsp3) is 0.0476. The van der Waals surface area contributed by atoms with Crippen LogP contribution in [0.1, 0.15) is 27.9 Å². The predicted molar refractivity (Wildman–Crippen MR) is 93.5 cm³/mol. The van der Waals surface area contributed by atoms with Crippen LogP contribution in [-0.2, 0) is 4.79 Å². The quantitative estimate of drug-likeness (QED) is 0.507. The minimum absolute atomic E-state index is 0.00634. The van der Waals surface area contributed by atoms with Crippen LogP contribution in [0.3, 0.4) is 0 Å². The lowest BCUT2D eigenvalue weighted by molar-refractivity contribution is -0.107. The first-order valence-corrected chi connectivity index (χ1v) is 7.53. The highest BCUT2D eigenvalue weighted by atomic mass is 16.1. The van der Waals surface area contributed by atoms with Gasteiger partial charge in [0.25, 0.3) is 0 Å². The zero-order chi connectivity index (χ0) is 16.1. The third-order valence-electron chi connectivity index (χ3n) is 3.77. The van der Waals surface area contributed by atoms with Gasteiger partial charge in [-0.05, 0) is 16.3 Å². The van der Waals surface area contributed by atoms with Crippen molar-refractivity contribution >= 4 is 28.9 Å². The van der Waals surface area contributed by atoms with Gasteiger partial charge in [0.1, 0.15) is 6.29 Å². The monoisotopic (exact) mass is 300 g/mol. The lowest BCUT2D eigenvalue weighted by Crippen LogP contribution is -2.04. The molecule has 0 amide bonds. The predicted octanol–water partition coefficient (Wildman–Crippen LogP) is 4.67. The number of hydrogen-bond donors (Lipinski definition) is 0. The Labute approximate surface area is 135 Å². The third-order valence-corrected chi connectivity index (χ3v) is 3.77. The maximum Gasteiger partial charge on any atom is 0.194 e. The van der Waals surface area contributed by atoms with Gasteiger partial charge in [0.05, 0.1) is 0 Å². The largest absolute Gasteiger partial charge is 0.303 e. The van der Waals surface area contributed by atoms with Crippen LogP contribution in [-0.4, -0.2) is 12.1 Å². The van der Waals surface area contributed by atoms with Crippen LogP contribution < -0.4 is 0 Å². The summed E-state index contributed by atoms with van der Waals surface area (Å²) in [6.45, 7) is 0. The maximum absolute atomic E-state index is 13.0. The first-order chi connectivity index (χ1) is 11.3. The minimum atomic E-state index is -0.00634. The molecule has 3 aromatic rings. The van der Waals surface area contributed by atoms with E-state index in [0.29, 0.717) is 17.5 Å². The lowest BCUT2D eigenvalue weighted by Gasteiger charge is -2.08. The molecule has 2 nitrogen and oxygen atoms in total. The molecular weight excluding hydrogens is 284 g/mol. The van der Waals surface area contributed by atoms with E-state index in [-0.39, 0.29) is 5.78 Å². The number of allylic oxidation sites excluding steroid dienone is 1. The zero-order valence-electron chi connectivity index (χ0n) is 12.6. The lowest BCUT2D eigenvalue weighted by atomic mass is 9.94. The van der Waals surface area contributed by atoms with Gasteiger partial charge in [-0.1, -0.05) is 78.9 Å². The summed E-state index contributed by atoms with van der Waals surface area (Å²) in [7, 11) is 0. The number of carbonyl (C=O) groups excluding carboxylic acids is 2. The number of rotatable bonds is 5. The van der Waals surface area contributed by atoms with Gasteiger partial charge < -0.3 is 4.79 Å². The van der Waals surface area contributed by atoms with Crippen LogP contribution in [0.2, 0.25) is 0 Å². The van der Waals surface area contributed by atoms with Crippen molar-refractivity contribution in [2.24, 2.45) is 0 Å². The van der Waals surface area contributed by atoms with Crippen LogP contribution >= 0.6 is 0 Å². The average Bonchev–Trinajstić information content (AvgIpc) is 2.61. The van der Waals surface area contributed by atoms with Crippen molar-refractivity contribution in [1.82, 2.24) is 0 Å². The molecule has 0 bridgehead atoms. The van der Waals surface area contributed by atoms with E-state index in [1.165, 1.54) is 0 Å². The first kappa shape index (κ1) is 14.9. The molecule has 3 rings (SSSR count). The van der Waals surface area contributed by atoms with E-state index in [4.69, 9.17) is 0 Å². The normalized spacial score (nSPS) is 11.0. The van der Waals surface area contributed by atoms with Gasteiger partial charge in [-0.15, -0.1) is 0 Å². The van der Waals surface area contributed by atoms with E-state index in [1.807, 2.05) is 72.8 Å². The molecule has 0 aromatic heterocycles. The molecule has 0 spiro atoms. The van der Waals surface area contributed by atoms with E-state index in [1.54, 1.807) is 6.08 Å². The Kier molecular flexibility index (Phi) is 4.44. The molecule has 23 heavy (non-hydrogen) atoms. The van der Waals surface area contributed by atoms with E-state index in [0.717, 1.165) is 22.6 Å². The van der Waals surface area contributed by atoms with E-state index in [9.17, 15) is 9.59 Å². The second-order valence-electron chi connectivity index (χ2n) is 5.25. The number of carbonyl (C=O) groups is 2. The summed E-state index contributed by atoms with van der Waals surface area (Å²) in [5.74, 6) is -0.00634. The van der Waals surface area contributed by atoms with Gasteiger partial charge in [0.2, 0.25) is 0 Å². The number of ketones is 1. The molecule has 0 aliphatic carbocycles. The van der Waals surface area contributed by atoms with Gasteiger partial charge in [-0.2, -0.15) is 0 Å². The maximum atomic E-state index is 13.0. The highest BCUT2D eigenvalue weighted by Crippen LogP contribution is 2.23.